The lowest BCUT2D eigenvalue weighted by molar-refractivity contribution is 0.671. The first-order chi connectivity index (χ1) is 9.65. The molecular formula is C16H18Cl2N2. The molecule has 1 heterocycles. The van der Waals surface area contributed by atoms with Crippen LogP contribution in [-0.2, 0) is 6.42 Å². The van der Waals surface area contributed by atoms with Gasteiger partial charge < -0.3 is 5.32 Å². The molecule has 1 atom stereocenters. The monoisotopic (exact) mass is 308 g/mol. The molecule has 1 unspecified atom stereocenters. The summed E-state index contributed by atoms with van der Waals surface area (Å²) in [6, 6.07) is 10.3. The van der Waals surface area contributed by atoms with Gasteiger partial charge in [0.15, 0.2) is 0 Å². The average molecular weight is 309 g/mol. The first kappa shape index (κ1) is 15.3. The normalized spacial score (nSPS) is 12.4. The van der Waals surface area contributed by atoms with Crippen LogP contribution >= 0.6 is 23.2 Å². The molecule has 1 N–H and O–H groups in total. The third-order valence-corrected chi connectivity index (χ3v) is 3.76. The second-order valence-electron chi connectivity index (χ2n) is 4.73. The molecule has 4 heteroatoms. The summed E-state index contributed by atoms with van der Waals surface area (Å²) in [5, 5.41) is 4.38. The summed E-state index contributed by atoms with van der Waals surface area (Å²) >= 11 is 12.1. The van der Waals surface area contributed by atoms with Gasteiger partial charge in [-0.3, -0.25) is 4.98 Å². The fourth-order valence-corrected chi connectivity index (χ4v) is 2.75. The standard InChI is InChI=1S/C16H18Cl2N2/c1-3-4-11-5-7-12(8-6-11)15(19-2)16-14(18)9-13(17)10-20-16/h5-10,15,19H,3-4H2,1-2H3. The number of nitrogens with one attached hydrogen (secondary N) is 1. The van der Waals surface area contributed by atoms with Crippen LogP contribution in [0.1, 0.15) is 36.2 Å². The van der Waals surface area contributed by atoms with Crippen LogP contribution in [0, 0.1) is 0 Å². The van der Waals surface area contributed by atoms with E-state index in [0.29, 0.717) is 10.0 Å². The fourth-order valence-electron chi connectivity index (χ4n) is 2.26. The van der Waals surface area contributed by atoms with Crippen LogP contribution in [0.5, 0.6) is 0 Å². The lowest BCUT2D eigenvalue weighted by atomic mass is 10.0. The maximum absolute atomic E-state index is 6.25. The molecule has 1 aromatic heterocycles. The van der Waals surface area contributed by atoms with Crippen molar-refractivity contribution in [3.8, 4) is 0 Å². The Kier molecular flexibility index (Phi) is 5.41. The molecule has 0 amide bonds. The Morgan fingerprint density at radius 3 is 2.45 bits per heavy atom. The molecule has 1 aromatic carbocycles. The van der Waals surface area contributed by atoms with Crippen molar-refractivity contribution < 1.29 is 0 Å². The van der Waals surface area contributed by atoms with Gasteiger partial charge in [0.25, 0.3) is 0 Å². The van der Waals surface area contributed by atoms with E-state index < -0.39 is 0 Å². The predicted molar refractivity (Wildman–Crippen MR) is 85.6 cm³/mol. The fraction of sp³-hybridized carbons (Fsp3) is 0.312. The van der Waals surface area contributed by atoms with Crippen molar-refractivity contribution >= 4 is 23.2 Å². The van der Waals surface area contributed by atoms with Gasteiger partial charge in [0.1, 0.15) is 0 Å². The molecule has 0 saturated carbocycles. The molecule has 0 radical (unpaired) electrons. The average Bonchev–Trinajstić information content (AvgIpc) is 2.44. The van der Waals surface area contributed by atoms with E-state index in [9.17, 15) is 0 Å². The number of halogens is 2. The Balaban J connectivity index is 2.31. The molecular weight excluding hydrogens is 291 g/mol. The maximum Gasteiger partial charge on any atom is 0.0805 e. The lowest BCUT2D eigenvalue weighted by Crippen LogP contribution is -2.19. The first-order valence-corrected chi connectivity index (χ1v) is 7.48. The Morgan fingerprint density at radius 2 is 1.90 bits per heavy atom. The summed E-state index contributed by atoms with van der Waals surface area (Å²) in [5.74, 6) is 0. The molecule has 2 nitrogen and oxygen atoms in total. The Bertz CT molecular complexity index is 567. The maximum atomic E-state index is 6.25. The van der Waals surface area contributed by atoms with Gasteiger partial charge in [0, 0.05) is 6.20 Å². The number of hydrogen-bond donors (Lipinski definition) is 1. The SMILES string of the molecule is CCCc1ccc(C(NC)c2ncc(Cl)cc2Cl)cc1. The molecule has 0 fully saturated rings. The topological polar surface area (TPSA) is 24.9 Å². The van der Waals surface area contributed by atoms with Crippen LogP contribution in [0.3, 0.4) is 0 Å². The predicted octanol–water partition coefficient (Wildman–Crippen LogP) is 4.65. The molecule has 0 aliphatic carbocycles. The van der Waals surface area contributed by atoms with Crippen molar-refractivity contribution in [2.45, 2.75) is 25.8 Å². The second kappa shape index (κ2) is 7.07. The molecule has 0 spiro atoms. The molecule has 2 aromatic rings. The molecule has 0 aliphatic heterocycles. The summed E-state index contributed by atoms with van der Waals surface area (Å²) in [7, 11) is 1.90. The molecule has 0 saturated heterocycles. The third kappa shape index (κ3) is 3.51. The van der Waals surface area contributed by atoms with E-state index in [0.717, 1.165) is 24.1 Å². The van der Waals surface area contributed by atoms with Crippen molar-refractivity contribution in [1.82, 2.24) is 10.3 Å². The van der Waals surface area contributed by atoms with E-state index in [1.54, 1.807) is 12.3 Å². The van der Waals surface area contributed by atoms with Crippen molar-refractivity contribution in [3.63, 3.8) is 0 Å². The summed E-state index contributed by atoms with van der Waals surface area (Å²) in [6.45, 7) is 2.18. The van der Waals surface area contributed by atoms with Gasteiger partial charge in [-0.05, 0) is 30.7 Å². The van der Waals surface area contributed by atoms with Gasteiger partial charge in [-0.1, -0.05) is 60.8 Å². The van der Waals surface area contributed by atoms with Crippen molar-refractivity contribution in [3.05, 3.63) is 63.4 Å². The molecule has 106 valence electrons. The van der Waals surface area contributed by atoms with Crippen molar-refractivity contribution in [2.75, 3.05) is 7.05 Å². The number of nitrogens with zero attached hydrogens (tertiary/aromatic N) is 1. The zero-order valence-electron chi connectivity index (χ0n) is 11.7. The minimum Gasteiger partial charge on any atom is -0.308 e. The van der Waals surface area contributed by atoms with Gasteiger partial charge >= 0.3 is 0 Å². The number of aryl methyl sites for hydroxylation is 1. The number of hydrogen-bond acceptors (Lipinski definition) is 2. The van der Waals surface area contributed by atoms with Crippen LogP contribution in [0.25, 0.3) is 0 Å². The van der Waals surface area contributed by atoms with Gasteiger partial charge in [0.2, 0.25) is 0 Å². The third-order valence-electron chi connectivity index (χ3n) is 3.25. The highest BCUT2D eigenvalue weighted by atomic mass is 35.5. The quantitative estimate of drug-likeness (QED) is 0.869. The highest BCUT2D eigenvalue weighted by Crippen LogP contribution is 2.28. The van der Waals surface area contributed by atoms with Gasteiger partial charge in [-0.2, -0.15) is 0 Å². The Morgan fingerprint density at radius 1 is 1.20 bits per heavy atom. The van der Waals surface area contributed by atoms with Crippen molar-refractivity contribution in [1.29, 1.82) is 0 Å². The van der Waals surface area contributed by atoms with Crippen LogP contribution < -0.4 is 5.32 Å². The number of aromatic nitrogens is 1. The molecule has 2 rings (SSSR count). The van der Waals surface area contributed by atoms with E-state index >= 15 is 0 Å². The highest BCUT2D eigenvalue weighted by molar-refractivity contribution is 6.34. The Labute approximate surface area is 130 Å². The zero-order valence-corrected chi connectivity index (χ0v) is 13.2. The Hall–Kier alpha value is -1.09. The number of benzene rings is 1. The minimum absolute atomic E-state index is 0.0320. The molecule has 0 aliphatic rings. The largest absolute Gasteiger partial charge is 0.308 e. The van der Waals surface area contributed by atoms with E-state index in [4.69, 9.17) is 23.2 Å². The zero-order chi connectivity index (χ0) is 14.5. The summed E-state index contributed by atoms with van der Waals surface area (Å²) in [5.41, 5.74) is 3.28. The van der Waals surface area contributed by atoms with Gasteiger partial charge in [0.05, 0.1) is 21.8 Å². The molecule has 20 heavy (non-hydrogen) atoms. The van der Waals surface area contributed by atoms with E-state index in [2.05, 4.69) is 41.5 Å². The van der Waals surface area contributed by atoms with E-state index in [1.807, 2.05) is 7.05 Å². The van der Waals surface area contributed by atoms with Crippen LogP contribution in [0.4, 0.5) is 0 Å². The summed E-state index contributed by atoms with van der Waals surface area (Å²) in [4.78, 5) is 4.36. The number of rotatable bonds is 5. The van der Waals surface area contributed by atoms with Gasteiger partial charge in [-0.15, -0.1) is 0 Å². The summed E-state index contributed by atoms with van der Waals surface area (Å²) in [6.07, 6.45) is 3.88. The van der Waals surface area contributed by atoms with Crippen molar-refractivity contribution in [2.24, 2.45) is 0 Å². The van der Waals surface area contributed by atoms with Crippen LogP contribution in [-0.4, -0.2) is 12.0 Å². The first-order valence-electron chi connectivity index (χ1n) is 6.72. The smallest absolute Gasteiger partial charge is 0.0805 e. The van der Waals surface area contributed by atoms with Crippen LogP contribution in [0.15, 0.2) is 36.5 Å². The summed E-state index contributed by atoms with van der Waals surface area (Å²) < 4.78 is 0. The second-order valence-corrected chi connectivity index (χ2v) is 5.58. The van der Waals surface area contributed by atoms with Gasteiger partial charge in [-0.25, -0.2) is 0 Å². The highest BCUT2D eigenvalue weighted by Gasteiger charge is 2.17. The van der Waals surface area contributed by atoms with E-state index in [-0.39, 0.29) is 6.04 Å². The lowest BCUT2D eigenvalue weighted by Gasteiger charge is -2.18. The van der Waals surface area contributed by atoms with Crippen LogP contribution in [0.2, 0.25) is 10.0 Å². The molecule has 0 bridgehead atoms. The van der Waals surface area contributed by atoms with E-state index in [1.165, 1.54) is 5.56 Å². The minimum atomic E-state index is -0.0320. The number of pyridine rings is 1.